The monoisotopic (exact) mass is 291 g/mol. The van der Waals surface area contributed by atoms with Gasteiger partial charge in [0.15, 0.2) is 0 Å². The largest absolute Gasteiger partial charge is 0.491 e. The van der Waals surface area contributed by atoms with Crippen molar-refractivity contribution in [1.82, 2.24) is 4.90 Å². The van der Waals surface area contributed by atoms with Gasteiger partial charge < -0.3 is 14.7 Å². The normalized spacial score (nSPS) is 21.5. The molecule has 21 heavy (non-hydrogen) atoms. The van der Waals surface area contributed by atoms with Crippen molar-refractivity contribution in [2.24, 2.45) is 5.92 Å². The van der Waals surface area contributed by atoms with Gasteiger partial charge in [-0.3, -0.25) is 0 Å². The Kier molecular flexibility index (Phi) is 6.07. The SMILES string of the molecule is CC(C)c1ccccc1OC[C@H](O)CN1CCC[C@@H](C)C1. The number of nitrogens with zero attached hydrogens (tertiary/aromatic N) is 1. The van der Waals surface area contributed by atoms with Crippen molar-refractivity contribution >= 4 is 0 Å². The van der Waals surface area contributed by atoms with E-state index in [-0.39, 0.29) is 0 Å². The molecule has 0 spiro atoms. The van der Waals surface area contributed by atoms with Gasteiger partial charge in [-0.05, 0) is 42.9 Å². The summed E-state index contributed by atoms with van der Waals surface area (Å²) in [5.74, 6) is 2.08. The second kappa shape index (κ2) is 7.81. The molecule has 0 aliphatic carbocycles. The van der Waals surface area contributed by atoms with Gasteiger partial charge in [0, 0.05) is 13.1 Å². The van der Waals surface area contributed by atoms with E-state index in [0.29, 0.717) is 19.1 Å². The van der Waals surface area contributed by atoms with Crippen LogP contribution in [0.3, 0.4) is 0 Å². The van der Waals surface area contributed by atoms with Gasteiger partial charge in [-0.15, -0.1) is 0 Å². The first kappa shape index (κ1) is 16.3. The molecule has 2 atom stereocenters. The molecule has 1 fully saturated rings. The van der Waals surface area contributed by atoms with E-state index in [0.717, 1.165) is 24.8 Å². The molecule has 1 aliphatic rings. The molecule has 1 aliphatic heterocycles. The summed E-state index contributed by atoms with van der Waals surface area (Å²) in [4.78, 5) is 2.36. The first-order chi connectivity index (χ1) is 10.1. The van der Waals surface area contributed by atoms with Crippen LogP contribution in [0.5, 0.6) is 5.75 Å². The lowest BCUT2D eigenvalue weighted by molar-refractivity contribution is 0.0534. The topological polar surface area (TPSA) is 32.7 Å². The van der Waals surface area contributed by atoms with E-state index in [9.17, 15) is 5.11 Å². The van der Waals surface area contributed by atoms with Crippen molar-refractivity contribution in [2.75, 3.05) is 26.2 Å². The van der Waals surface area contributed by atoms with Crippen molar-refractivity contribution < 1.29 is 9.84 Å². The second-order valence-corrected chi connectivity index (χ2v) is 6.66. The van der Waals surface area contributed by atoms with E-state index in [1.54, 1.807) is 0 Å². The lowest BCUT2D eigenvalue weighted by atomic mass is 10.00. The molecule has 0 unspecified atom stereocenters. The third-order valence-electron chi connectivity index (χ3n) is 4.18. The quantitative estimate of drug-likeness (QED) is 0.873. The molecule has 0 aromatic heterocycles. The zero-order valence-corrected chi connectivity index (χ0v) is 13.6. The van der Waals surface area contributed by atoms with Crippen molar-refractivity contribution in [3.8, 4) is 5.75 Å². The summed E-state index contributed by atoms with van der Waals surface area (Å²) in [6, 6.07) is 8.11. The second-order valence-electron chi connectivity index (χ2n) is 6.66. The number of β-amino-alcohol motifs (C(OH)–C–C–N with tert-alkyl or cyclic N) is 1. The van der Waals surface area contributed by atoms with E-state index in [2.05, 4.69) is 31.7 Å². The maximum Gasteiger partial charge on any atom is 0.122 e. The molecule has 1 saturated heterocycles. The van der Waals surface area contributed by atoms with E-state index < -0.39 is 6.10 Å². The molecule has 0 amide bonds. The number of para-hydroxylation sites is 1. The predicted octanol–water partition coefficient (Wildman–Crippen LogP) is 3.28. The molecule has 1 N–H and O–H groups in total. The van der Waals surface area contributed by atoms with Crippen molar-refractivity contribution in [2.45, 2.75) is 45.6 Å². The minimum Gasteiger partial charge on any atom is -0.491 e. The van der Waals surface area contributed by atoms with Gasteiger partial charge in [0.25, 0.3) is 0 Å². The molecule has 2 rings (SSSR count). The van der Waals surface area contributed by atoms with Gasteiger partial charge in [0.1, 0.15) is 18.5 Å². The number of benzene rings is 1. The molecule has 3 nitrogen and oxygen atoms in total. The maximum absolute atomic E-state index is 10.2. The Bertz CT molecular complexity index is 433. The highest BCUT2D eigenvalue weighted by Crippen LogP contribution is 2.26. The number of aliphatic hydroxyl groups is 1. The minimum absolute atomic E-state index is 0.370. The Hall–Kier alpha value is -1.06. The van der Waals surface area contributed by atoms with Crippen LogP contribution in [0.2, 0.25) is 0 Å². The van der Waals surface area contributed by atoms with Crippen molar-refractivity contribution in [3.05, 3.63) is 29.8 Å². The lowest BCUT2D eigenvalue weighted by Gasteiger charge is -2.32. The maximum atomic E-state index is 10.2. The van der Waals surface area contributed by atoms with Crippen LogP contribution in [-0.2, 0) is 0 Å². The predicted molar refractivity (Wildman–Crippen MR) is 86.9 cm³/mol. The number of aliphatic hydroxyl groups excluding tert-OH is 1. The van der Waals surface area contributed by atoms with Crippen LogP contribution < -0.4 is 4.74 Å². The lowest BCUT2D eigenvalue weighted by Crippen LogP contribution is -2.41. The molecule has 1 aromatic carbocycles. The van der Waals surface area contributed by atoms with Gasteiger partial charge >= 0.3 is 0 Å². The summed E-state index contributed by atoms with van der Waals surface area (Å²) >= 11 is 0. The summed E-state index contributed by atoms with van der Waals surface area (Å²) in [7, 11) is 0. The Morgan fingerprint density at radius 1 is 1.33 bits per heavy atom. The number of likely N-dealkylation sites (tertiary alicyclic amines) is 1. The van der Waals surface area contributed by atoms with E-state index in [4.69, 9.17) is 4.74 Å². The average Bonchev–Trinajstić information content (AvgIpc) is 2.45. The summed E-state index contributed by atoms with van der Waals surface area (Å²) in [6.07, 6.45) is 2.13. The van der Waals surface area contributed by atoms with Gasteiger partial charge in [0.2, 0.25) is 0 Å². The first-order valence-corrected chi connectivity index (χ1v) is 8.18. The summed E-state index contributed by atoms with van der Waals surface area (Å²) < 4.78 is 5.85. The van der Waals surface area contributed by atoms with Gasteiger partial charge in [-0.25, -0.2) is 0 Å². The Morgan fingerprint density at radius 2 is 2.10 bits per heavy atom. The molecule has 1 aromatic rings. The van der Waals surface area contributed by atoms with E-state index in [1.165, 1.54) is 18.4 Å². The minimum atomic E-state index is -0.421. The molecule has 0 saturated carbocycles. The highest BCUT2D eigenvalue weighted by atomic mass is 16.5. The Labute approximate surface area is 128 Å². The van der Waals surface area contributed by atoms with Crippen LogP contribution >= 0.6 is 0 Å². The van der Waals surface area contributed by atoms with Crippen molar-refractivity contribution in [3.63, 3.8) is 0 Å². The highest BCUT2D eigenvalue weighted by Gasteiger charge is 2.19. The highest BCUT2D eigenvalue weighted by molar-refractivity contribution is 5.35. The fourth-order valence-electron chi connectivity index (χ4n) is 3.08. The summed E-state index contributed by atoms with van der Waals surface area (Å²) in [6.45, 7) is 9.89. The fourth-order valence-corrected chi connectivity index (χ4v) is 3.08. The van der Waals surface area contributed by atoms with Crippen LogP contribution in [0.15, 0.2) is 24.3 Å². The van der Waals surface area contributed by atoms with Crippen LogP contribution in [0.25, 0.3) is 0 Å². The molecular weight excluding hydrogens is 262 g/mol. The van der Waals surface area contributed by atoms with Crippen LogP contribution in [0.1, 0.15) is 45.1 Å². The average molecular weight is 291 g/mol. The molecular formula is C18H29NO2. The number of ether oxygens (including phenoxy) is 1. The summed E-state index contributed by atoms with van der Waals surface area (Å²) in [5.41, 5.74) is 1.20. The van der Waals surface area contributed by atoms with Crippen molar-refractivity contribution in [1.29, 1.82) is 0 Å². The van der Waals surface area contributed by atoms with Gasteiger partial charge in [-0.1, -0.05) is 39.0 Å². The summed E-state index contributed by atoms with van der Waals surface area (Å²) in [5, 5.41) is 10.2. The van der Waals surface area contributed by atoms with Crippen LogP contribution in [-0.4, -0.2) is 42.4 Å². The standard InChI is InChI=1S/C18H29NO2/c1-14(2)17-8-4-5-9-18(17)21-13-16(20)12-19-10-6-7-15(3)11-19/h4-5,8-9,14-16,20H,6-7,10-13H2,1-3H3/t15-,16-/m1/s1. The first-order valence-electron chi connectivity index (χ1n) is 8.18. The molecule has 1 heterocycles. The number of hydrogen-bond donors (Lipinski definition) is 1. The Morgan fingerprint density at radius 3 is 2.81 bits per heavy atom. The molecule has 0 bridgehead atoms. The third-order valence-corrected chi connectivity index (χ3v) is 4.18. The number of hydrogen-bond acceptors (Lipinski definition) is 3. The molecule has 0 radical (unpaired) electrons. The smallest absolute Gasteiger partial charge is 0.122 e. The zero-order chi connectivity index (χ0) is 15.2. The van der Waals surface area contributed by atoms with Gasteiger partial charge in [0.05, 0.1) is 0 Å². The number of piperidine rings is 1. The van der Waals surface area contributed by atoms with Crippen LogP contribution in [0.4, 0.5) is 0 Å². The molecule has 3 heteroatoms. The molecule has 118 valence electrons. The third kappa shape index (κ3) is 5.01. The van der Waals surface area contributed by atoms with Gasteiger partial charge in [-0.2, -0.15) is 0 Å². The number of rotatable bonds is 6. The van der Waals surface area contributed by atoms with Crippen LogP contribution in [0, 0.1) is 5.92 Å². The fraction of sp³-hybridized carbons (Fsp3) is 0.667. The Balaban J connectivity index is 1.82. The van der Waals surface area contributed by atoms with E-state index in [1.807, 2.05) is 18.2 Å². The van der Waals surface area contributed by atoms with E-state index >= 15 is 0 Å². The zero-order valence-electron chi connectivity index (χ0n) is 13.6.